The summed E-state index contributed by atoms with van der Waals surface area (Å²) in [5, 5.41) is 3.50. The lowest BCUT2D eigenvalue weighted by Crippen LogP contribution is -2.34. The number of pyridine rings is 1. The number of hydrogen-bond acceptors (Lipinski definition) is 4. The molecule has 1 N–H and O–H groups in total. The quantitative estimate of drug-likeness (QED) is 0.873. The highest BCUT2D eigenvalue weighted by Crippen LogP contribution is 2.21. The standard InChI is InChI=1S/C15H25N3O2S/c1-15(2,3)11-18(4)21(19,20)14-8-5-12(10-17-14)9-16-13-6-7-13/h5,8,10,13,16H,6-7,9,11H2,1-4H3. The van der Waals surface area contributed by atoms with Crippen molar-refractivity contribution in [3.05, 3.63) is 23.9 Å². The summed E-state index contributed by atoms with van der Waals surface area (Å²) in [5.41, 5.74) is 0.926. The summed E-state index contributed by atoms with van der Waals surface area (Å²) in [7, 11) is -1.90. The third-order valence-electron chi connectivity index (χ3n) is 3.34. The Kier molecular flexibility index (Phi) is 4.70. The van der Waals surface area contributed by atoms with Crippen LogP contribution < -0.4 is 5.32 Å². The van der Waals surface area contributed by atoms with Crippen molar-refractivity contribution in [3.63, 3.8) is 0 Å². The first-order valence-electron chi connectivity index (χ1n) is 7.33. The maximum Gasteiger partial charge on any atom is 0.260 e. The average molecular weight is 311 g/mol. The molecule has 1 fully saturated rings. The van der Waals surface area contributed by atoms with Gasteiger partial charge in [-0.25, -0.2) is 13.4 Å². The molecule has 0 amide bonds. The maximum atomic E-state index is 12.4. The topological polar surface area (TPSA) is 62.3 Å². The molecule has 1 aliphatic rings. The lowest BCUT2D eigenvalue weighted by Gasteiger charge is -2.25. The lowest BCUT2D eigenvalue weighted by atomic mass is 9.97. The van der Waals surface area contributed by atoms with Gasteiger partial charge in [0, 0.05) is 32.4 Å². The van der Waals surface area contributed by atoms with Gasteiger partial charge in [-0.3, -0.25) is 0 Å². The van der Waals surface area contributed by atoms with E-state index in [0.29, 0.717) is 12.6 Å². The summed E-state index contributed by atoms with van der Waals surface area (Å²) in [4.78, 5) is 4.13. The first-order chi connectivity index (χ1) is 9.68. The summed E-state index contributed by atoms with van der Waals surface area (Å²) in [6, 6.07) is 4.06. The van der Waals surface area contributed by atoms with Crippen molar-refractivity contribution >= 4 is 10.0 Å². The van der Waals surface area contributed by atoms with Crippen molar-refractivity contribution in [2.24, 2.45) is 5.41 Å². The fourth-order valence-electron chi connectivity index (χ4n) is 2.13. The molecular weight excluding hydrogens is 286 g/mol. The fraction of sp³-hybridized carbons (Fsp3) is 0.667. The van der Waals surface area contributed by atoms with Crippen LogP contribution in [0.4, 0.5) is 0 Å². The molecule has 1 saturated carbocycles. The molecule has 0 bridgehead atoms. The van der Waals surface area contributed by atoms with Crippen LogP contribution in [-0.4, -0.2) is 37.3 Å². The molecule has 0 aliphatic heterocycles. The monoisotopic (exact) mass is 311 g/mol. The normalized spacial score (nSPS) is 16.4. The second-order valence-electron chi connectivity index (χ2n) is 6.98. The number of rotatable bonds is 6. The van der Waals surface area contributed by atoms with Crippen molar-refractivity contribution < 1.29 is 8.42 Å². The largest absolute Gasteiger partial charge is 0.310 e. The first kappa shape index (κ1) is 16.4. The molecule has 1 aromatic rings. The fourth-order valence-corrected chi connectivity index (χ4v) is 3.43. The zero-order valence-electron chi connectivity index (χ0n) is 13.3. The minimum absolute atomic E-state index is 0.0874. The zero-order chi connectivity index (χ0) is 15.7. The van der Waals surface area contributed by atoms with E-state index in [1.165, 1.54) is 17.1 Å². The third kappa shape index (κ3) is 4.76. The van der Waals surface area contributed by atoms with Gasteiger partial charge in [0.2, 0.25) is 0 Å². The van der Waals surface area contributed by atoms with E-state index in [0.717, 1.165) is 12.1 Å². The van der Waals surface area contributed by atoms with Gasteiger partial charge in [-0.2, -0.15) is 4.31 Å². The van der Waals surface area contributed by atoms with Crippen LogP contribution in [0.25, 0.3) is 0 Å². The Hall–Kier alpha value is -0.980. The Bertz CT molecular complexity index is 572. The van der Waals surface area contributed by atoms with Crippen LogP contribution in [0.15, 0.2) is 23.4 Å². The SMILES string of the molecule is CN(CC(C)(C)C)S(=O)(=O)c1ccc(CNC2CC2)cn1. The second kappa shape index (κ2) is 6.02. The van der Waals surface area contributed by atoms with E-state index < -0.39 is 10.0 Å². The molecular formula is C15H25N3O2S. The summed E-state index contributed by atoms with van der Waals surface area (Å²) in [6.45, 7) is 7.25. The molecule has 0 spiro atoms. The third-order valence-corrected chi connectivity index (χ3v) is 5.06. The van der Waals surface area contributed by atoms with E-state index in [1.807, 2.05) is 26.8 Å². The molecule has 1 aliphatic carbocycles. The molecule has 118 valence electrons. The number of aromatic nitrogens is 1. The molecule has 5 nitrogen and oxygen atoms in total. The van der Waals surface area contributed by atoms with Gasteiger partial charge in [-0.1, -0.05) is 26.8 Å². The molecule has 0 aromatic carbocycles. The summed E-state index contributed by atoms with van der Waals surface area (Å²) in [6.07, 6.45) is 4.11. The molecule has 0 saturated heterocycles. The molecule has 0 radical (unpaired) electrons. The van der Waals surface area contributed by atoms with Gasteiger partial charge in [0.1, 0.15) is 0 Å². The van der Waals surface area contributed by atoms with Crippen molar-refractivity contribution in [1.82, 2.24) is 14.6 Å². The van der Waals surface area contributed by atoms with E-state index in [4.69, 9.17) is 0 Å². The molecule has 1 heterocycles. The van der Waals surface area contributed by atoms with Crippen LogP contribution in [0.5, 0.6) is 0 Å². The van der Waals surface area contributed by atoms with Gasteiger partial charge < -0.3 is 5.32 Å². The van der Waals surface area contributed by atoms with Crippen molar-refractivity contribution in [2.75, 3.05) is 13.6 Å². The number of nitrogens with zero attached hydrogens (tertiary/aromatic N) is 2. The summed E-state index contributed by atoms with van der Waals surface area (Å²) >= 11 is 0. The molecule has 6 heteroatoms. The van der Waals surface area contributed by atoms with Crippen LogP contribution in [0, 0.1) is 5.41 Å². The maximum absolute atomic E-state index is 12.4. The summed E-state index contributed by atoms with van der Waals surface area (Å²) in [5.74, 6) is 0. The van der Waals surface area contributed by atoms with E-state index in [1.54, 1.807) is 19.3 Å². The van der Waals surface area contributed by atoms with E-state index in [-0.39, 0.29) is 10.4 Å². The minimum atomic E-state index is -3.51. The highest BCUT2D eigenvalue weighted by Gasteiger charge is 2.26. The predicted molar refractivity (Wildman–Crippen MR) is 83.4 cm³/mol. The van der Waals surface area contributed by atoms with Crippen LogP contribution in [-0.2, 0) is 16.6 Å². The number of hydrogen-bond donors (Lipinski definition) is 1. The van der Waals surface area contributed by atoms with Gasteiger partial charge in [-0.05, 0) is 29.9 Å². The molecule has 1 aromatic heterocycles. The van der Waals surface area contributed by atoms with Crippen LogP contribution in [0.2, 0.25) is 0 Å². The highest BCUT2D eigenvalue weighted by atomic mass is 32.2. The van der Waals surface area contributed by atoms with E-state index in [2.05, 4.69) is 10.3 Å². The Labute approximate surface area is 127 Å². The zero-order valence-corrected chi connectivity index (χ0v) is 14.1. The minimum Gasteiger partial charge on any atom is -0.310 e. The Morgan fingerprint density at radius 1 is 1.33 bits per heavy atom. The van der Waals surface area contributed by atoms with Crippen molar-refractivity contribution in [1.29, 1.82) is 0 Å². The Balaban J connectivity index is 2.04. The molecule has 0 unspecified atom stereocenters. The molecule has 21 heavy (non-hydrogen) atoms. The van der Waals surface area contributed by atoms with Gasteiger partial charge >= 0.3 is 0 Å². The average Bonchev–Trinajstić information content (AvgIpc) is 3.19. The Morgan fingerprint density at radius 2 is 2.00 bits per heavy atom. The van der Waals surface area contributed by atoms with E-state index in [9.17, 15) is 8.42 Å². The lowest BCUT2D eigenvalue weighted by molar-refractivity contribution is 0.310. The van der Waals surface area contributed by atoms with Crippen molar-refractivity contribution in [2.45, 2.75) is 51.2 Å². The van der Waals surface area contributed by atoms with Crippen LogP contribution in [0.3, 0.4) is 0 Å². The predicted octanol–water partition coefficient (Wildman–Crippen LogP) is 2.00. The van der Waals surface area contributed by atoms with Gasteiger partial charge in [0.15, 0.2) is 5.03 Å². The van der Waals surface area contributed by atoms with E-state index >= 15 is 0 Å². The van der Waals surface area contributed by atoms with Gasteiger partial charge in [-0.15, -0.1) is 0 Å². The number of nitrogens with one attached hydrogen (secondary N) is 1. The van der Waals surface area contributed by atoms with Crippen molar-refractivity contribution in [3.8, 4) is 0 Å². The van der Waals surface area contributed by atoms with Crippen LogP contribution in [0.1, 0.15) is 39.2 Å². The molecule has 2 rings (SSSR count). The molecule has 0 atom stereocenters. The van der Waals surface area contributed by atoms with Gasteiger partial charge in [0.05, 0.1) is 0 Å². The first-order valence-corrected chi connectivity index (χ1v) is 8.77. The number of sulfonamides is 1. The smallest absolute Gasteiger partial charge is 0.260 e. The Morgan fingerprint density at radius 3 is 2.48 bits per heavy atom. The van der Waals surface area contributed by atoms with Crippen LogP contribution >= 0.6 is 0 Å². The second-order valence-corrected chi connectivity index (χ2v) is 8.97. The summed E-state index contributed by atoms with van der Waals surface area (Å²) < 4.78 is 26.3. The highest BCUT2D eigenvalue weighted by molar-refractivity contribution is 7.89. The van der Waals surface area contributed by atoms with Gasteiger partial charge in [0.25, 0.3) is 10.0 Å².